The van der Waals surface area contributed by atoms with Crippen LogP contribution in [0.2, 0.25) is 0 Å². The molecule has 0 aliphatic heterocycles. The van der Waals surface area contributed by atoms with Gasteiger partial charge in [0, 0.05) is 0 Å². The second kappa shape index (κ2) is 5.40. The molecule has 0 aromatic rings. The molecule has 0 nitrogen and oxygen atoms in total. The van der Waals surface area contributed by atoms with Crippen molar-refractivity contribution >= 4 is 0 Å². The predicted molar refractivity (Wildman–Crippen MR) is 57.1 cm³/mol. The molecule has 2 unspecified atom stereocenters. The number of rotatable bonds is 5. The first kappa shape index (κ1) is 11.7. The molecular formula is C12H24. The van der Waals surface area contributed by atoms with Gasteiger partial charge in [-0.25, -0.2) is 0 Å². The highest BCUT2D eigenvalue weighted by molar-refractivity contribution is 4.82. The highest BCUT2D eigenvalue weighted by Crippen LogP contribution is 2.25. The number of hydrogen-bond acceptors (Lipinski definition) is 0. The molecule has 0 amide bonds. The minimum Gasteiger partial charge on any atom is -0.103 e. The maximum atomic E-state index is 3.89. The lowest BCUT2D eigenvalue weighted by Crippen LogP contribution is -2.13. The summed E-state index contributed by atoms with van der Waals surface area (Å²) >= 11 is 0. The van der Waals surface area contributed by atoms with Crippen LogP contribution in [0.1, 0.15) is 41.0 Å². The summed E-state index contributed by atoms with van der Waals surface area (Å²) in [6.45, 7) is 15.4. The van der Waals surface area contributed by atoms with Crippen LogP contribution in [-0.4, -0.2) is 0 Å². The Morgan fingerprint density at radius 3 is 1.75 bits per heavy atom. The average molecular weight is 168 g/mol. The fourth-order valence-electron chi connectivity index (χ4n) is 1.34. The fraction of sp³-hybridized carbons (Fsp3) is 0.833. The third-order valence-corrected chi connectivity index (χ3v) is 2.94. The maximum Gasteiger partial charge on any atom is -0.0210 e. The molecule has 0 N–H and O–H groups in total. The van der Waals surface area contributed by atoms with Gasteiger partial charge in [-0.05, 0) is 30.1 Å². The summed E-state index contributed by atoms with van der Waals surface area (Å²) in [7, 11) is 0. The van der Waals surface area contributed by atoms with Crippen LogP contribution in [0.3, 0.4) is 0 Å². The van der Waals surface area contributed by atoms with E-state index < -0.39 is 0 Å². The molecule has 0 aromatic heterocycles. The quantitative estimate of drug-likeness (QED) is 0.541. The Bertz CT molecular complexity index is 122. The Labute approximate surface area is 78.1 Å². The van der Waals surface area contributed by atoms with Crippen molar-refractivity contribution in [3.05, 3.63) is 12.7 Å². The van der Waals surface area contributed by atoms with E-state index in [1.165, 1.54) is 6.42 Å². The maximum absolute atomic E-state index is 3.89. The van der Waals surface area contributed by atoms with Crippen molar-refractivity contribution in [3.8, 4) is 0 Å². The second-order valence-corrected chi connectivity index (χ2v) is 4.60. The Hall–Kier alpha value is -0.260. The van der Waals surface area contributed by atoms with Crippen molar-refractivity contribution in [1.29, 1.82) is 0 Å². The lowest BCUT2D eigenvalue weighted by atomic mass is 9.83. The zero-order chi connectivity index (χ0) is 9.72. The molecule has 0 aromatic carbocycles. The Morgan fingerprint density at radius 1 is 1.00 bits per heavy atom. The topological polar surface area (TPSA) is 0 Å². The fourth-order valence-corrected chi connectivity index (χ4v) is 1.34. The zero-order valence-electron chi connectivity index (χ0n) is 9.30. The molecule has 12 heavy (non-hydrogen) atoms. The lowest BCUT2D eigenvalue weighted by molar-refractivity contribution is 0.307. The smallest absolute Gasteiger partial charge is 0.0210 e. The van der Waals surface area contributed by atoms with Gasteiger partial charge >= 0.3 is 0 Å². The highest BCUT2D eigenvalue weighted by atomic mass is 14.2. The van der Waals surface area contributed by atoms with Gasteiger partial charge in [-0.15, -0.1) is 6.58 Å². The van der Waals surface area contributed by atoms with Crippen LogP contribution >= 0.6 is 0 Å². The van der Waals surface area contributed by atoms with E-state index in [0.29, 0.717) is 5.92 Å². The lowest BCUT2D eigenvalue weighted by Gasteiger charge is -2.23. The highest BCUT2D eigenvalue weighted by Gasteiger charge is 2.15. The van der Waals surface area contributed by atoms with Crippen LogP contribution in [0.25, 0.3) is 0 Å². The Morgan fingerprint density at radius 2 is 1.50 bits per heavy atom. The van der Waals surface area contributed by atoms with Crippen molar-refractivity contribution in [3.63, 3.8) is 0 Å². The third-order valence-electron chi connectivity index (χ3n) is 2.94. The van der Waals surface area contributed by atoms with Crippen molar-refractivity contribution < 1.29 is 0 Å². The van der Waals surface area contributed by atoms with Crippen LogP contribution in [0.5, 0.6) is 0 Å². The van der Waals surface area contributed by atoms with Gasteiger partial charge in [-0.1, -0.05) is 40.7 Å². The van der Waals surface area contributed by atoms with E-state index in [9.17, 15) is 0 Å². The Balaban J connectivity index is 3.93. The number of hydrogen-bond donors (Lipinski definition) is 0. The van der Waals surface area contributed by atoms with Gasteiger partial charge in [-0.3, -0.25) is 0 Å². The van der Waals surface area contributed by atoms with E-state index in [0.717, 1.165) is 17.8 Å². The second-order valence-electron chi connectivity index (χ2n) is 4.60. The molecule has 0 fully saturated rings. The minimum absolute atomic E-state index is 0.697. The zero-order valence-corrected chi connectivity index (χ0v) is 9.30. The van der Waals surface area contributed by atoms with E-state index in [4.69, 9.17) is 0 Å². The van der Waals surface area contributed by atoms with Gasteiger partial charge < -0.3 is 0 Å². The van der Waals surface area contributed by atoms with Gasteiger partial charge in [0.2, 0.25) is 0 Å². The molecule has 72 valence electrons. The summed E-state index contributed by atoms with van der Waals surface area (Å²) in [5, 5.41) is 0. The molecule has 0 spiro atoms. The van der Waals surface area contributed by atoms with Gasteiger partial charge in [0.05, 0.1) is 0 Å². The standard InChI is InChI=1S/C12H24/c1-7-12(10(4)5)8-11(6)9(2)3/h7,9-12H,1,8H2,2-6H3. The summed E-state index contributed by atoms with van der Waals surface area (Å²) in [4.78, 5) is 0. The van der Waals surface area contributed by atoms with Crippen LogP contribution < -0.4 is 0 Å². The molecule has 2 atom stereocenters. The molecule has 0 rings (SSSR count). The van der Waals surface area contributed by atoms with Gasteiger partial charge in [0.15, 0.2) is 0 Å². The molecule has 0 saturated carbocycles. The van der Waals surface area contributed by atoms with Gasteiger partial charge in [0.25, 0.3) is 0 Å². The van der Waals surface area contributed by atoms with E-state index in [1.54, 1.807) is 0 Å². The molecular weight excluding hydrogens is 144 g/mol. The molecule has 0 heterocycles. The summed E-state index contributed by atoms with van der Waals surface area (Å²) in [5.41, 5.74) is 0. The molecule has 0 bridgehead atoms. The summed E-state index contributed by atoms with van der Waals surface area (Å²) in [6, 6.07) is 0. The summed E-state index contributed by atoms with van der Waals surface area (Å²) in [6.07, 6.45) is 3.41. The van der Waals surface area contributed by atoms with E-state index in [-0.39, 0.29) is 0 Å². The van der Waals surface area contributed by atoms with Crippen LogP contribution in [0, 0.1) is 23.7 Å². The van der Waals surface area contributed by atoms with Crippen LogP contribution in [-0.2, 0) is 0 Å². The van der Waals surface area contributed by atoms with Crippen LogP contribution in [0.15, 0.2) is 12.7 Å². The Kier molecular flexibility index (Phi) is 5.28. The predicted octanol–water partition coefficient (Wildman–Crippen LogP) is 4.13. The van der Waals surface area contributed by atoms with E-state index in [2.05, 4.69) is 47.3 Å². The van der Waals surface area contributed by atoms with Crippen LogP contribution in [0.4, 0.5) is 0 Å². The monoisotopic (exact) mass is 168 g/mol. The SMILES string of the molecule is C=CC(CC(C)C(C)C)C(C)C. The van der Waals surface area contributed by atoms with Gasteiger partial charge in [-0.2, -0.15) is 0 Å². The van der Waals surface area contributed by atoms with Crippen molar-refractivity contribution in [2.75, 3.05) is 0 Å². The van der Waals surface area contributed by atoms with Gasteiger partial charge in [0.1, 0.15) is 0 Å². The molecule has 0 radical (unpaired) electrons. The normalized spacial score (nSPS) is 16.6. The first-order valence-corrected chi connectivity index (χ1v) is 5.11. The number of allylic oxidation sites excluding steroid dienone is 1. The molecule has 0 aliphatic carbocycles. The first-order valence-electron chi connectivity index (χ1n) is 5.11. The third kappa shape index (κ3) is 3.94. The molecule has 0 aliphatic rings. The summed E-state index contributed by atoms with van der Waals surface area (Å²) < 4.78 is 0. The summed E-state index contributed by atoms with van der Waals surface area (Å²) in [5.74, 6) is 3.05. The molecule has 0 saturated heterocycles. The molecule has 0 heteroatoms. The average Bonchev–Trinajstić information content (AvgIpc) is 1.98. The van der Waals surface area contributed by atoms with Crippen molar-refractivity contribution in [2.24, 2.45) is 23.7 Å². The minimum atomic E-state index is 0.697. The largest absolute Gasteiger partial charge is 0.103 e. The first-order chi connectivity index (χ1) is 5.49. The van der Waals surface area contributed by atoms with Crippen molar-refractivity contribution in [2.45, 2.75) is 41.0 Å². The van der Waals surface area contributed by atoms with E-state index in [1.807, 2.05) is 0 Å². The van der Waals surface area contributed by atoms with Crippen molar-refractivity contribution in [1.82, 2.24) is 0 Å². The van der Waals surface area contributed by atoms with E-state index >= 15 is 0 Å².